The molecule has 0 radical (unpaired) electrons. The van der Waals surface area contributed by atoms with Gasteiger partial charge in [0.2, 0.25) is 5.75 Å². The number of methoxy groups -OCH3 is 3. The second-order valence-electron chi connectivity index (χ2n) is 12.2. The molecule has 8 nitrogen and oxygen atoms in total. The molecule has 8 rings (SSSR count). The first kappa shape index (κ1) is 31.9. The van der Waals surface area contributed by atoms with Crippen LogP contribution in [0, 0.1) is 0 Å². The molecule has 4 aliphatic rings. The van der Waals surface area contributed by atoms with Crippen LogP contribution in [0.25, 0.3) is 0 Å². The zero-order valence-corrected chi connectivity index (χ0v) is 27.8. The molecule has 0 aliphatic carbocycles. The van der Waals surface area contributed by atoms with Crippen LogP contribution in [0.2, 0.25) is 0 Å². The van der Waals surface area contributed by atoms with E-state index < -0.39 is 0 Å². The third kappa shape index (κ3) is 5.59. The summed E-state index contributed by atoms with van der Waals surface area (Å²) in [5.41, 5.74) is 6.81. The van der Waals surface area contributed by atoms with E-state index in [4.69, 9.17) is 23.7 Å². The maximum atomic E-state index is 10.7. The number of halogens is 1. The van der Waals surface area contributed by atoms with Gasteiger partial charge in [-0.1, -0.05) is 24.3 Å². The van der Waals surface area contributed by atoms with E-state index in [1.165, 1.54) is 11.1 Å². The predicted octanol–water partition coefficient (Wildman–Crippen LogP) is 7.28. The first-order valence-corrected chi connectivity index (χ1v) is 15.5. The van der Waals surface area contributed by atoms with Crippen molar-refractivity contribution in [2.24, 2.45) is 0 Å². The fourth-order valence-electron chi connectivity index (χ4n) is 7.17. The van der Waals surface area contributed by atoms with Crippen LogP contribution in [0.15, 0.2) is 60.7 Å². The van der Waals surface area contributed by atoms with Crippen molar-refractivity contribution in [1.29, 1.82) is 0 Å². The van der Waals surface area contributed by atoms with E-state index in [1.807, 2.05) is 30.3 Å². The lowest BCUT2D eigenvalue weighted by Gasteiger charge is -2.38. The van der Waals surface area contributed by atoms with Crippen molar-refractivity contribution in [3.05, 3.63) is 94.0 Å². The lowest BCUT2D eigenvalue weighted by atomic mass is 9.86. The number of phenols is 1. The van der Waals surface area contributed by atoms with Crippen molar-refractivity contribution in [3.8, 4) is 46.0 Å². The lowest BCUT2D eigenvalue weighted by Crippen LogP contribution is -2.34. The number of hydrogen-bond donors (Lipinski definition) is 1. The van der Waals surface area contributed by atoms with Crippen molar-refractivity contribution in [3.63, 3.8) is 0 Å². The minimum atomic E-state index is -0.0421. The van der Waals surface area contributed by atoms with Crippen LogP contribution in [-0.2, 0) is 25.7 Å². The highest BCUT2D eigenvalue weighted by atomic mass is 35.5. The van der Waals surface area contributed by atoms with Crippen LogP contribution >= 0.6 is 12.4 Å². The topological polar surface area (TPSA) is 72.9 Å². The maximum absolute atomic E-state index is 10.7. The van der Waals surface area contributed by atoms with Crippen molar-refractivity contribution in [2.45, 2.75) is 37.8 Å². The monoisotopic (exact) mass is 644 g/mol. The summed E-state index contributed by atoms with van der Waals surface area (Å²) in [4.78, 5) is 4.75. The van der Waals surface area contributed by atoms with Crippen LogP contribution in [-0.4, -0.2) is 63.4 Å². The highest BCUT2D eigenvalue weighted by molar-refractivity contribution is 5.85. The summed E-state index contributed by atoms with van der Waals surface area (Å²) in [7, 11) is 9.34. The summed E-state index contributed by atoms with van der Waals surface area (Å²) in [5, 5.41) is 10.7. The van der Waals surface area contributed by atoms with E-state index in [0.29, 0.717) is 46.7 Å². The van der Waals surface area contributed by atoms with Gasteiger partial charge in [-0.3, -0.25) is 9.80 Å². The molecule has 0 saturated heterocycles. The van der Waals surface area contributed by atoms with Gasteiger partial charge in [0, 0.05) is 36.3 Å². The Bertz CT molecular complexity index is 1740. The van der Waals surface area contributed by atoms with Crippen LogP contribution in [0.5, 0.6) is 46.0 Å². The van der Waals surface area contributed by atoms with Gasteiger partial charge in [-0.15, -0.1) is 12.4 Å². The van der Waals surface area contributed by atoms with E-state index in [1.54, 1.807) is 27.4 Å². The summed E-state index contributed by atoms with van der Waals surface area (Å²) in [5.74, 6) is 4.44. The van der Waals surface area contributed by atoms with Crippen molar-refractivity contribution < 1.29 is 28.8 Å². The molecule has 4 heterocycles. The summed E-state index contributed by atoms with van der Waals surface area (Å²) in [6.07, 6.45) is 3.19. The number of benzene rings is 4. The minimum absolute atomic E-state index is 0. The maximum Gasteiger partial charge on any atom is 0.204 e. The van der Waals surface area contributed by atoms with Crippen LogP contribution in [0.3, 0.4) is 0 Å². The Kier molecular flexibility index (Phi) is 8.97. The molecule has 9 heteroatoms. The van der Waals surface area contributed by atoms with E-state index >= 15 is 0 Å². The first-order valence-electron chi connectivity index (χ1n) is 15.5. The molecule has 0 spiro atoms. The standard InChI is InChI=1S/C37H40N2O6.ClH/c1-38-16-14-24-9-13-30(41-3)35-33(24)27(38)18-22-6-10-26(11-7-22)44-31-20-23(8-12-29(31)40)19-28-34-25(15-17-39(28)2)21-32(42-4)36(43-5)37(34)45-35;/h6-13,20-21,27-28,40H,14-19H2,1-5H3;1H/t27-,28+;/m0./s1. The third-order valence-electron chi connectivity index (χ3n) is 9.66. The SMILES string of the molecule is COc1cc2c3c(c1OC)Oc1c(OC)ccc4c1[C@H](Cc1ccc(cc1)Oc1cc(ccc1O)C[C@H]3N(C)CC2)N(C)CC4.Cl. The lowest BCUT2D eigenvalue weighted by molar-refractivity contribution is 0.214. The summed E-state index contributed by atoms with van der Waals surface area (Å²) < 4.78 is 31.4. The molecule has 4 aromatic rings. The van der Waals surface area contributed by atoms with Gasteiger partial charge < -0.3 is 28.8 Å². The summed E-state index contributed by atoms with van der Waals surface area (Å²) in [6, 6.07) is 20.0. The molecule has 0 saturated carbocycles. The Morgan fingerprint density at radius 2 is 1.30 bits per heavy atom. The average molecular weight is 645 g/mol. The van der Waals surface area contributed by atoms with Crippen LogP contribution in [0.4, 0.5) is 0 Å². The van der Waals surface area contributed by atoms with Gasteiger partial charge in [-0.2, -0.15) is 0 Å². The zero-order valence-electron chi connectivity index (χ0n) is 27.0. The fourth-order valence-corrected chi connectivity index (χ4v) is 7.17. The van der Waals surface area contributed by atoms with E-state index in [-0.39, 0.29) is 30.2 Å². The predicted molar refractivity (Wildman–Crippen MR) is 180 cm³/mol. The molecule has 242 valence electrons. The number of nitrogens with zero attached hydrogens (tertiary/aromatic N) is 2. The Balaban J connectivity index is 0.00000372. The van der Waals surface area contributed by atoms with Crippen molar-refractivity contribution >= 4 is 12.4 Å². The van der Waals surface area contributed by atoms with Crippen LogP contribution in [0.1, 0.15) is 45.5 Å². The molecule has 1 N–H and O–H groups in total. The smallest absolute Gasteiger partial charge is 0.204 e. The molecule has 46 heavy (non-hydrogen) atoms. The highest BCUT2D eigenvalue weighted by Gasteiger charge is 2.36. The van der Waals surface area contributed by atoms with E-state index in [2.05, 4.69) is 48.2 Å². The van der Waals surface area contributed by atoms with Gasteiger partial charge in [-0.25, -0.2) is 0 Å². The second-order valence-corrected chi connectivity index (χ2v) is 12.2. The van der Waals surface area contributed by atoms with Gasteiger partial charge in [-0.05, 0) is 98.4 Å². The number of hydrogen-bond acceptors (Lipinski definition) is 8. The molecule has 4 aliphatic heterocycles. The summed E-state index contributed by atoms with van der Waals surface area (Å²) in [6.45, 7) is 1.81. The molecule has 0 unspecified atom stereocenters. The largest absolute Gasteiger partial charge is 0.504 e. The third-order valence-corrected chi connectivity index (χ3v) is 9.66. The highest BCUT2D eigenvalue weighted by Crippen LogP contribution is 2.53. The quantitative estimate of drug-likeness (QED) is 0.250. The Morgan fingerprint density at radius 1 is 0.674 bits per heavy atom. The Labute approximate surface area is 276 Å². The second kappa shape index (κ2) is 12.9. The molecule has 0 fully saturated rings. The number of fused-ring (bicyclic) bond motifs is 2. The first-order chi connectivity index (χ1) is 21.9. The zero-order chi connectivity index (χ0) is 31.2. The molecular weight excluding hydrogens is 604 g/mol. The molecule has 0 amide bonds. The Morgan fingerprint density at radius 3 is 1.98 bits per heavy atom. The molecule has 0 aromatic heterocycles. The molecular formula is C37H41ClN2O6. The van der Waals surface area contributed by atoms with Gasteiger partial charge in [0.15, 0.2) is 34.5 Å². The van der Waals surface area contributed by atoms with Crippen LogP contribution < -0.4 is 23.7 Å². The van der Waals surface area contributed by atoms with Gasteiger partial charge >= 0.3 is 0 Å². The van der Waals surface area contributed by atoms with E-state index in [9.17, 15) is 5.11 Å². The number of rotatable bonds is 3. The van der Waals surface area contributed by atoms with Crippen molar-refractivity contribution in [2.75, 3.05) is 48.5 Å². The fraction of sp³-hybridized carbons (Fsp3) is 0.351. The summed E-state index contributed by atoms with van der Waals surface area (Å²) >= 11 is 0. The number of ether oxygens (including phenoxy) is 5. The number of likely N-dealkylation sites (N-methyl/N-ethyl adjacent to an activating group) is 2. The Hall–Kier alpha value is -4.11. The minimum Gasteiger partial charge on any atom is -0.504 e. The van der Waals surface area contributed by atoms with Gasteiger partial charge in [0.25, 0.3) is 0 Å². The molecule has 2 atom stereocenters. The van der Waals surface area contributed by atoms with Crippen molar-refractivity contribution in [1.82, 2.24) is 9.80 Å². The molecule has 4 bridgehead atoms. The van der Waals surface area contributed by atoms with E-state index in [0.717, 1.165) is 54.6 Å². The molecule has 4 aromatic carbocycles. The van der Waals surface area contributed by atoms with Gasteiger partial charge in [0.05, 0.1) is 21.3 Å². The normalized spacial score (nSPS) is 19.0. The number of phenolic OH excluding ortho intramolecular Hbond substituents is 1. The number of aromatic hydroxyl groups is 1. The average Bonchev–Trinajstić information content (AvgIpc) is 3.05. The van der Waals surface area contributed by atoms with Gasteiger partial charge in [0.1, 0.15) is 5.75 Å².